The van der Waals surface area contributed by atoms with Crippen molar-refractivity contribution in [3.05, 3.63) is 33.9 Å². The summed E-state index contributed by atoms with van der Waals surface area (Å²) in [6, 6.07) is 2.16. The van der Waals surface area contributed by atoms with Crippen molar-refractivity contribution in [1.82, 2.24) is 4.90 Å². The van der Waals surface area contributed by atoms with Gasteiger partial charge >= 0.3 is 0 Å². The van der Waals surface area contributed by atoms with E-state index < -0.39 is 0 Å². The van der Waals surface area contributed by atoms with Crippen molar-refractivity contribution in [2.24, 2.45) is 0 Å². The normalized spacial score (nSPS) is 10.5. The smallest absolute Gasteiger partial charge is 0.254 e. The minimum atomic E-state index is 0.164. The van der Waals surface area contributed by atoms with Crippen molar-refractivity contribution < 1.29 is 4.79 Å². The Labute approximate surface area is 105 Å². The van der Waals surface area contributed by atoms with E-state index in [1.54, 1.807) is 0 Å². The van der Waals surface area contributed by atoms with E-state index in [0.29, 0.717) is 0 Å². The summed E-state index contributed by atoms with van der Waals surface area (Å²) in [7, 11) is 0. The third-order valence-electron chi connectivity index (χ3n) is 3.63. The molecule has 0 aliphatic carbocycles. The maximum atomic E-state index is 12.5. The molecule has 0 heterocycles. The molecule has 2 nitrogen and oxygen atoms in total. The van der Waals surface area contributed by atoms with Gasteiger partial charge in [0.25, 0.3) is 5.91 Å². The molecule has 2 heteroatoms. The van der Waals surface area contributed by atoms with Gasteiger partial charge < -0.3 is 4.90 Å². The summed E-state index contributed by atoms with van der Waals surface area (Å²) in [6.45, 7) is 13.8. The molecule has 1 amide bonds. The number of carbonyl (C=O) groups excluding carboxylic acids is 1. The first-order valence-corrected chi connectivity index (χ1v) is 6.30. The van der Waals surface area contributed by atoms with E-state index in [0.717, 1.165) is 29.8 Å². The summed E-state index contributed by atoms with van der Waals surface area (Å²) >= 11 is 0. The molecular weight excluding hydrogens is 210 g/mol. The number of carbonyl (C=O) groups is 1. The first-order valence-electron chi connectivity index (χ1n) is 6.30. The molecule has 1 aromatic carbocycles. The predicted octanol–water partition coefficient (Wildman–Crippen LogP) is 3.40. The first kappa shape index (κ1) is 13.8. The molecule has 0 saturated carbocycles. The van der Waals surface area contributed by atoms with Crippen molar-refractivity contribution in [2.75, 3.05) is 13.1 Å². The van der Waals surface area contributed by atoms with Gasteiger partial charge in [0, 0.05) is 18.7 Å². The van der Waals surface area contributed by atoms with Gasteiger partial charge in [-0.3, -0.25) is 4.79 Å². The number of amides is 1. The van der Waals surface area contributed by atoms with Crippen LogP contribution in [0.15, 0.2) is 6.07 Å². The fourth-order valence-corrected chi connectivity index (χ4v) is 2.21. The molecule has 0 aromatic heterocycles. The van der Waals surface area contributed by atoms with E-state index in [2.05, 4.69) is 19.9 Å². The average molecular weight is 233 g/mol. The van der Waals surface area contributed by atoms with Crippen molar-refractivity contribution in [3.63, 3.8) is 0 Å². The molecule has 0 bridgehead atoms. The zero-order valence-corrected chi connectivity index (χ0v) is 11.8. The molecule has 0 radical (unpaired) electrons. The zero-order chi connectivity index (χ0) is 13.2. The maximum absolute atomic E-state index is 12.5. The Morgan fingerprint density at radius 3 is 1.76 bits per heavy atom. The molecule has 0 atom stereocenters. The number of nitrogens with zero attached hydrogens (tertiary/aromatic N) is 1. The largest absolute Gasteiger partial charge is 0.339 e. The molecular formula is C15H23NO. The van der Waals surface area contributed by atoms with Crippen LogP contribution < -0.4 is 0 Å². The lowest BCUT2D eigenvalue weighted by atomic mass is 9.93. The van der Waals surface area contributed by atoms with Crippen LogP contribution in [0.25, 0.3) is 0 Å². The van der Waals surface area contributed by atoms with Crippen LogP contribution in [0, 0.1) is 27.7 Å². The summed E-state index contributed by atoms with van der Waals surface area (Å²) in [5.41, 5.74) is 5.52. The minimum absolute atomic E-state index is 0.164. The van der Waals surface area contributed by atoms with Crippen LogP contribution in [0.3, 0.4) is 0 Å². The molecule has 1 aromatic rings. The number of benzene rings is 1. The van der Waals surface area contributed by atoms with Crippen LogP contribution in [0.4, 0.5) is 0 Å². The van der Waals surface area contributed by atoms with Crippen LogP contribution in [-0.4, -0.2) is 23.9 Å². The number of rotatable bonds is 3. The van der Waals surface area contributed by atoms with E-state index in [1.807, 2.05) is 32.6 Å². The number of hydrogen-bond donors (Lipinski definition) is 0. The Kier molecular flexibility index (Phi) is 4.33. The van der Waals surface area contributed by atoms with E-state index in [-0.39, 0.29) is 5.91 Å². The lowest BCUT2D eigenvalue weighted by Crippen LogP contribution is -2.31. The fraction of sp³-hybridized carbons (Fsp3) is 0.533. The lowest BCUT2D eigenvalue weighted by molar-refractivity contribution is 0.0771. The van der Waals surface area contributed by atoms with Crippen LogP contribution in [0.5, 0.6) is 0 Å². The summed E-state index contributed by atoms with van der Waals surface area (Å²) in [6.07, 6.45) is 0. The van der Waals surface area contributed by atoms with Gasteiger partial charge in [0.1, 0.15) is 0 Å². The van der Waals surface area contributed by atoms with Crippen LogP contribution >= 0.6 is 0 Å². The topological polar surface area (TPSA) is 20.3 Å². The maximum Gasteiger partial charge on any atom is 0.254 e. The quantitative estimate of drug-likeness (QED) is 0.783. The Hall–Kier alpha value is -1.31. The second-order valence-electron chi connectivity index (χ2n) is 4.61. The third kappa shape index (κ3) is 2.51. The molecule has 17 heavy (non-hydrogen) atoms. The Bertz CT molecular complexity index is 405. The van der Waals surface area contributed by atoms with Gasteiger partial charge in [-0.15, -0.1) is 0 Å². The number of aryl methyl sites for hydroxylation is 2. The Morgan fingerprint density at radius 1 is 1.00 bits per heavy atom. The first-order chi connectivity index (χ1) is 7.93. The SMILES string of the molecule is CCN(CC)C(=O)c1c(C)c(C)cc(C)c1C. The van der Waals surface area contributed by atoms with Gasteiger partial charge in [-0.2, -0.15) is 0 Å². The second kappa shape index (κ2) is 5.35. The Balaban J connectivity index is 3.35. The van der Waals surface area contributed by atoms with Gasteiger partial charge in [-0.05, 0) is 63.8 Å². The van der Waals surface area contributed by atoms with Gasteiger partial charge in [-0.1, -0.05) is 6.07 Å². The van der Waals surface area contributed by atoms with Crippen molar-refractivity contribution >= 4 is 5.91 Å². The molecule has 0 aliphatic rings. The van der Waals surface area contributed by atoms with Gasteiger partial charge in [0.05, 0.1) is 0 Å². The highest BCUT2D eigenvalue weighted by atomic mass is 16.2. The van der Waals surface area contributed by atoms with E-state index in [1.165, 1.54) is 11.1 Å². The molecule has 0 N–H and O–H groups in total. The number of hydrogen-bond acceptors (Lipinski definition) is 1. The second-order valence-corrected chi connectivity index (χ2v) is 4.61. The molecule has 0 spiro atoms. The van der Waals surface area contributed by atoms with Gasteiger partial charge in [0.15, 0.2) is 0 Å². The minimum Gasteiger partial charge on any atom is -0.339 e. The monoisotopic (exact) mass is 233 g/mol. The van der Waals surface area contributed by atoms with E-state index in [9.17, 15) is 4.79 Å². The molecule has 0 aliphatic heterocycles. The van der Waals surface area contributed by atoms with Crippen molar-refractivity contribution in [2.45, 2.75) is 41.5 Å². The highest BCUT2D eigenvalue weighted by molar-refractivity contribution is 5.97. The molecule has 94 valence electrons. The van der Waals surface area contributed by atoms with Crippen LogP contribution in [0.2, 0.25) is 0 Å². The third-order valence-corrected chi connectivity index (χ3v) is 3.63. The van der Waals surface area contributed by atoms with Crippen molar-refractivity contribution in [1.29, 1.82) is 0 Å². The molecule has 0 saturated heterocycles. The molecule has 0 unspecified atom stereocenters. The van der Waals surface area contributed by atoms with Gasteiger partial charge in [-0.25, -0.2) is 0 Å². The average Bonchev–Trinajstić information content (AvgIpc) is 2.28. The molecule has 0 fully saturated rings. The lowest BCUT2D eigenvalue weighted by Gasteiger charge is -2.22. The van der Waals surface area contributed by atoms with E-state index in [4.69, 9.17) is 0 Å². The summed E-state index contributed by atoms with van der Waals surface area (Å²) in [4.78, 5) is 14.4. The van der Waals surface area contributed by atoms with Crippen LogP contribution in [0.1, 0.15) is 46.5 Å². The summed E-state index contributed by atoms with van der Waals surface area (Å²) in [5.74, 6) is 0.164. The van der Waals surface area contributed by atoms with Crippen molar-refractivity contribution in [3.8, 4) is 0 Å². The standard InChI is InChI=1S/C15H23NO/c1-7-16(8-2)15(17)14-12(5)10(3)9-11(4)13(14)6/h9H,7-8H2,1-6H3. The molecule has 1 rings (SSSR count). The van der Waals surface area contributed by atoms with Gasteiger partial charge in [0.2, 0.25) is 0 Å². The van der Waals surface area contributed by atoms with E-state index >= 15 is 0 Å². The predicted molar refractivity (Wildman–Crippen MR) is 72.6 cm³/mol. The summed E-state index contributed by atoms with van der Waals surface area (Å²) in [5, 5.41) is 0. The zero-order valence-electron chi connectivity index (χ0n) is 11.8. The van der Waals surface area contributed by atoms with Crippen LogP contribution in [-0.2, 0) is 0 Å². The highest BCUT2D eigenvalue weighted by Gasteiger charge is 2.19. The fourth-order valence-electron chi connectivity index (χ4n) is 2.21. The summed E-state index contributed by atoms with van der Waals surface area (Å²) < 4.78 is 0. The highest BCUT2D eigenvalue weighted by Crippen LogP contribution is 2.23. The Morgan fingerprint density at radius 2 is 1.41 bits per heavy atom.